The molecule has 1 amide bonds. The molecule has 0 heterocycles. The largest absolute Gasteiger partial charge is 0.415 e. The average Bonchev–Trinajstić information content (AvgIpc) is 2.50. The zero-order valence-corrected chi connectivity index (χ0v) is 11.0. The first-order chi connectivity index (χ1) is 8.58. The Kier molecular flexibility index (Phi) is 4.84. The Morgan fingerprint density at radius 3 is 2.16 bits per heavy atom. The summed E-state index contributed by atoms with van der Waals surface area (Å²) in [5, 5.41) is 12.4. The summed E-state index contributed by atoms with van der Waals surface area (Å²) < 4.78 is 37.7. The van der Waals surface area contributed by atoms with E-state index in [1.54, 1.807) is 0 Å². The molecule has 4 N–H and O–H groups in total. The summed E-state index contributed by atoms with van der Waals surface area (Å²) in [6, 6.07) is 0. The van der Waals surface area contributed by atoms with Gasteiger partial charge in [-0.2, -0.15) is 13.2 Å². The topological polar surface area (TPSA) is 75.4 Å². The fourth-order valence-corrected chi connectivity index (χ4v) is 2.12. The van der Waals surface area contributed by atoms with E-state index >= 15 is 0 Å². The molecule has 0 bridgehead atoms. The van der Waals surface area contributed by atoms with Crippen molar-refractivity contribution in [3.05, 3.63) is 0 Å². The van der Waals surface area contributed by atoms with Gasteiger partial charge in [-0.05, 0) is 19.8 Å². The molecule has 7 heteroatoms. The van der Waals surface area contributed by atoms with Crippen LogP contribution < -0.4 is 11.1 Å². The first-order valence-electron chi connectivity index (χ1n) is 6.45. The van der Waals surface area contributed by atoms with Gasteiger partial charge < -0.3 is 16.2 Å². The van der Waals surface area contributed by atoms with Gasteiger partial charge in [-0.1, -0.05) is 25.7 Å². The van der Waals surface area contributed by atoms with Crippen LogP contribution in [0.1, 0.15) is 45.4 Å². The van der Waals surface area contributed by atoms with Crippen molar-refractivity contribution in [3.8, 4) is 0 Å². The van der Waals surface area contributed by atoms with Gasteiger partial charge in [-0.15, -0.1) is 0 Å². The number of carbonyl (C=O) groups excluding carboxylic acids is 1. The monoisotopic (exact) mass is 282 g/mol. The fraction of sp³-hybridized carbons (Fsp3) is 0.917. The maximum Gasteiger partial charge on any atom is 0.415 e. The SMILES string of the molecule is CC(N)(C(=O)NCC1(O)CCCCCC1)C(F)(F)F. The number of hydrogen-bond acceptors (Lipinski definition) is 3. The van der Waals surface area contributed by atoms with Gasteiger partial charge in [-0.25, -0.2) is 0 Å². The van der Waals surface area contributed by atoms with E-state index in [9.17, 15) is 23.1 Å². The molecule has 1 atom stereocenters. The summed E-state index contributed by atoms with van der Waals surface area (Å²) in [5.41, 5.74) is 0.955. The molecular weight excluding hydrogens is 261 g/mol. The van der Waals surface area contributed by atoms with Crippen LogP contribution in [-0.2, 0) is 4.79 Å². The molecule has 0 radical (unpaired) electrons. The van der Waals surface area contributed by atoms with Crippen LogP contribution >= 0.6 is 0 Å². The molecule has 0 spiro atoms. The third-order valence-electron chi connectivity index (χ3n) is 3.67. The third-order valence-corrected chi connectivity index (χ3v) is 3.67. The van der Waals surface area contributed by atoms with Crippen molar-refractivity contribution in [2.24, 2.45) is 5.73 Å². The van der Waals surface area contributed by atoms with Crippen molar-refractivity contribution >= 4 is 5.91 Å². The highest BCUT2D eigenvalue weighted by molar-refractivity contribution is 5.86. The van der Waals surface area contributed by atoms with E-state index in [4.69, 9.17) is 5.73 Å². The van der Waals surface area contributed by atoms with Crippen LogP contribution in [-0.4, -0.2) is 34.9 Å². The maximum atomic E-state index is 12.6. The Labute approximate surface area is 110 Å². The lowest BCUT2D eigenvalue weighted by molar-refractivity contribution is -0.188. The fourth-order valence-electron chi connectivity index (χ4n) is 2.12. The Balaban J connectivity index is 2.58. The Morgan fingerprint density at radius 2 is 1.74 bits per heavy atom. The quantitative estimate of drug-likeness (QED) is 0.686. The van der Waals surface area contributed by atoms with Crippen molar-refractivity contribution in [2.45, 2.75) is 62.8 Å². The second-order valence-corrected chi connectivity index (χ2v) is 5.52. The van der Waals surface area contributed by atoms with E-state index in [1.165, 1.54) is 0 Å². The summed E-state index contributed by atoms with van der Waals surface area (Å²) in [6.45, 7) is 0.439. The maximum absolute atomic E-state index is 12.6. The van der Waals surface area contributed by atoms with E-state index in [-0.39, 0.29) is 6.54 Å². The van der Waals surface area contributed by atoms with Crippen LogP contribution in [0.15, 0.2) is 0 Å². The van der Waals surface area contributed by atoms with Crippen molar-refractivity contribution in [1.82, 2.24) is 5.32 Å². The molecule has 0 aliphatic heterocycles. The highest BCUT2D eigenvalue weighted by Crippen LogP contribution is 2.29. The molecule has 112 valence electrons. The zero-order chi connectivity index (χ0) is 14.7. The lowest BCUT2D eigenvalue weighted by Gasteiger charge is -2.30. The zero-order valence-electron chi connectivity index (χ0n) is 11.0. The predicted molar refractivity (Wildman–Crippen MR) is 64.3 cm³/mol. The minimum atomic E-state index is -4.82. The number of nitrogens with one attached hydrogen (secondary N) is 1. The van der Waals surface area contributed by atoms with Crippen molar-refractivity contribution in [3.63, 3.8) is 0 Å². The van der Waals surface area contributed by atoms with Gasteiger partial charge >= 0.3 is 6.18 Å². The molecule has 19 heavy (non-hydrogen) atoms. The minimum Gasteiger partial charge on any atom is -0.388 e. The Hall–Kier alpha value is -0.820. The number of alkyl halides is 3. The Bertz CT molecular complexity index is 321. The van der Waals surface area contributed by atoms with E-state index in [0.717, 1.165) is 25.7 Å². The second kappa shape index (κ2) is 5.66. The lowest BCUT2D eigenvalue weighted by atomic mass is 9.93. The highest BCUT2D eigenvalue weighted by atomic mass is 19.4. The first kappa shape index (κ1) is 16.2. The number of hydrogen-bond donors (Lipinski definition) is 3. The summed E-state index contributed by atoms with van der Waals surface area (Å²) in [4.78, 5) is 11.5. The van der Waals surface area contributed by atoms with Gasteiger partial charge in [0.2, 0.25) is 5.91 Å². The van der Waals surface area contributed by atoms with E-state index in [2.05, 4.69) is 5.32 Å². The van der Waals surface area contributed by atoms with Gasteiger partial charge in [0.1, 0.15) is 0 Å². The number of carbonyl (C=O) groups is 1. The number of aliphatic hydroxyl groups is 1. The van der Waals surface area contributed by atoms with Crippen molar-refractivity contribution in [2.75, 3.05) is 6.54 Å². The van der Waals surface area contributed by atoms with Crippen LogP contribution in [0, 0.1) is 0 Å². The van der Waals surface area contributed by atoms with Crippen LogP contribution in [0.3, 0.4) is 0 Å². The number of rotatable bonds is 3. The molecule has 0 aromatic heterocycles. The smallest absolute Gasteiger partial charge is 0.388 e. The van der Waals surface area contributed by atoms with Gasteiger partial charge in [0.15, 0.2) is 5.54 Å². The Morgan fingerprint density at radius 1 is 1.26 bits per heavy atom. The van der Waals surface area contributed by atoms with Gasteiger partial charge in [0.05, 0.1) is 5.60 Å². The van der Waals surface area contributed by atoms with Crippen LogP contribution in [0.25, 0.3) is 0 Å². The molecule has 1 fully saturated rings. The number of nitrogens with two attached hydrogens (primary N) is 1. The van der Waals surface area contributed by atoms with E-state index in [0.29, 0.717) is 19.8 Å². The minimum absolute atomic E-state index is 0.186. The lowest BCUT2D eigenvalue weighted by Crippen LogP contribution is -2.62. The summed E-state index contributed by atoms with van der Waals surface area (Å²) in [5.74, 6) is -1.31. The molecular formula is C12H21F3N2O2. The van der Waals surface area contributed by atoms with Crippen LogP contribution in [0.2, 0.25) is 0 Å². The summed E-state index contributed by atoms with van der Waals surface area (Å²) >= 11 is 0. The molecule has 1 rings (SSSR count). The standard InChI is InChI=1S/C12H21F3N2O2/c1-10(16,12(13,14)15)9(18)17-8-11(19)6-4-2-3-5-7-11/h19H,2-8,16H2,1H3,(H,17,18). The molecule has 4 nitrogen and oxygen atoms in total. The van der Waals surface area contributed by atoms with Crippen LogP contribution in [0.5, 0.6) is 0 Å². The summed E-state index contributed by atoms with van der Waals surface area (Å²) in [7, 11) is 0. The van der Waals surface area contributed by atoms with E-state index in [1.807, 2.05) is 0 Å². The molecule has 0 aromatic rings. The van der Waals surface area contributed by atoms with E-state index < -0.39 is 23.2 Å². The molecule has 0 aromatic carbocycles. The van der Waals surface area contributed by atoms with Crippen molar-refractivity contribution < 1.29 is 23.1 Å². The number of halogens is 3. The molecule has 0 saturated heterocycles. The number of amides is 1. The van der Waals surface area contributed by atoms with Gasteiger partial charge in [-0.3, -0.25) is 4.79 Å². The molecule has 1 aliphatic carbocycles. The highest BCUT2D eigenvalue weighted by Gasteiger charge is 2.54. The predicted octanol–water partition coefficient (Wildman–Crippen LogP) is 1.47. The molecule has 1 aliphatic rings. The molecule has 1 unspecified atom stereocenters. The average molecular weight is 282 g/mol. The van der Waals surface area contributed by atoms with Crippen LogP contribution in [0.4, 0.5) is 13.2 Å². The van der Waals surface area contributed by atoms with Gasteiger partial charge in [0, 0.05) is 6.54 Å². The van der Waals surface area contributed by atoms with Gasteiger partial charge in [0.25, 0.3) is 0 Å². The normalized spacial score (nSPS) is 23.3. The molecule has 1 saturated carbocycles. The summed E-state index contributed by atoms with van der Waals surface area (Å²) in [6.07, 6.45) is -0.234. The third kappa shape index (κ3) is 4.07. The first-order valence-corrected chi connectivity index (χ1v) is 6.45. The second-order valence-electron chi connectivity index (χ2n) is 5.52. The van der Waals surface area contributed by atoms with Crippen molar-refractivity contribution in [1.29, 1.82) is 0 Å².